The van der Waals surface area contributed by atoms with Gasteiger partial charge in [-0.1, -0.05) is 0 Å². The number of aliphatic hydroxyl groups is 1. The molecule has 2 rings (SSSR count). The number of rotatable bonds is 4. The molecular formula is C13H17N3O4. The van der Waals surface area contributed by atoms with E-state index in [4.69, 9.17) is 5.73 Å². The summed E-state index contributed by atoms with van der Waals surface area (Å²) in [5.41, 5.74) is 6.50. The minimum atomic E-state index is -0.495. The monoisotopic (exact) mass is 279 g/mol. The minimum Gasteiger partial charge on any atom is -0.392 e. The lowest BCUT2D eigenvalue weighted by Crippen LogP contribution is -2.41. The van der Waals surface area contributed by atoms with Crippen LogP contribution in [-0.2, 0) is 11.4 Å². The SMILES string of the molecule is NC(=O)C1CCCN(c2ccc([N+](=O)[O-])cc2CO)C1. The zero-order chi connectivity index (χ0) is 14.7. The Hall–Kier alpha value is -2.15. The second-order valence-electron chi connectivity index (χ2n) is 4.92. The Balaban J connectivity index is 2.27. The molecule has 0 radical (unpaired) electrons. The zero-order valence-corrected chi connectivity index (χ0v) is 11.0. The van der Waals surface area contributed by atoms with E-state index in [9.17, 15) is 20.0 Å². The van der Waals surface area contributed by atoms with Crippen LogP contribution in [0.15, 0.2) is 18.2 Å². The average Bonchev–Trinajstić information content (AvgIpc) is 2.46. The first-order valence-corrected chi connectivity index (χ1v) is 6.45. The largest absolute Gasteiger partial charge is 0.392 e. The molecule has 7 heteroatoms. The highest BCUT2D eigenvalue weighted by atomic mass is 16.6. The molecule has 108 valence electrons. The van der Waals surface area contributed by atoms with Crippen molar-refractivity contribution in [1.82, 2.24) is 0 Å². The van der Waals surface area contributed by atoms with Crippen LogP contribution < -0.4 is 10.6 Å². The highest BCUT2D eigenvalue weighted by molar-refractivity contribution is 5.77. The van der Waals surface area contributed by atoms with E-state index in [1.165, 1.54) is 12.1 Å². The van der Waals surface area contributed by atoms with Gasteiger partial charge in [-0.3, -0.25) is 14.9 Å². The van der Waals surface area contributed by atoms with Gasteiger partial charge in [0, 0.05) is 36.5 Å². The number of aliphatic hydroxyl groups excluding tert-OH is 1. The van der Waals surface area contributed by atoms with E-state index in [1.807, 2.05) is 4.90 Å². The van der Waals surface area contributed by atoms with Crippen LogP contribution in [0, 0.1) is 16.0 Å². The number of nitro benzene ring substituents is 1. The first-order valence-electron chi connectivity index (χ1n) is 6.45. The number of piperidine rings is 1. The number of nitrogens with two attached hydrogens (primary N) is 1. The number of carbonyl (C=O) groups is 1. The summed E-state index contributed by atoms with van der Waals surface area (Å²) < 4.78 is 0. The Morgan fingerprint density at radius 1 is 1.55 bits per heavy atom. The molecular weight excluding hydrogens is 262 g/mol. The fraction of sp³-hybridized carbons (Fsp3) is 0.462. The van der Waals surface area contributed by atoms with Crippen molar-refractivity contribution in [3.8, 4) is 0 Å². The van der Waals surface area contributed by atoms with Crippen molar-refractivity contribution in [2.45, 2.75) is 19.4 Å². The Labute approximate surface area is 116 Å². The summed E-state index contributed by atoms with van der Waals surface area (Å²) in [5, 5.41) is 20.1. The summed E-state index contributed by atoms with van der Waals surface area (Å²) in [7, 11) is 0. The molecule has 1 aromatic carbocycles. The number of nitrogens with zero attached hydrogens (tertiary/aromatic N) is 2. The van der Waals surface area contributed by atoms with Crippen molar-refractivity contribution >= 4 is 17.3 Å². The van der Waals surface area contributed by atoms with Gasteiger partial charge in [-0.25, -0.2) is 0 Å². The Kier molecular flexibility index (Phi) is 4.19. The van der Waals surface area contributed by atoms with E-state index < -0.39 is 4.92 Å². The van der Waals surface area contributed by atoms with Gasteiger partial charge < -0.3 is 15.7 Å². The van der Waals surface area contributed by atoms with Crippen LogP contribution in [0.1, 0.15) is 18.4 Å². The van der Waals surface area contributed by atoms with Gasteiger partial charge in [0.15, 0.2) is 0 Å². The average molecular weight is 279 g/mol. The van der Waals surface area contributed by atoms with Crippen LogP contribution in [0.4, 0.5) is 11.4 Å². The number of amides is 1. The first kappa shape index (κ1) is 14.3. The highest BCUT2D eigenvalue weighted by Crippen LogP contribution is 2.29. The number of anilines is 1. The van der Waals surface area contributed by atoms with Gasteiger partial charge in [-0.2, -0.15) is 0 Å². The van der Waals surface area contributed by atoms with E-state index >= 15 is 0 Å². The molecule has 0 bridgehead atoms. The normalized spacial score (nSPS) is 18.9. The summed E-state index contributed by atoms with van der Waals surface area (Å²) in [5.74, 6) is -0.548. The Morgan fingerprint density at radius 2 is 2.30 bits per heavy atom. The van der Waals surface area contributed by atoms with Crippen molar-refractivity contribution in [1.29, 1.82) is 0 Å². The van der Waals surface area contributed by atoms with Crippen molar-refractivity contribution < 1.29 is 14.8 Å². The van der Waals surface area contributed by atoms with Crippen LogP contribution in [0.2, 0.25) is 0 Å². The molecule has 0 saturated carbocycles. The first-order chi connectivity index (χ1) is 9.52. The van der Waals surface area contributed by atoms with Gasteiger partial charge in [0.1, 0.15) is 0 Å². The third-order valence-electron chi connectivity index (χ3n) is 3.61. The molecule has 1 aromatic rings. The second-order valence-corrected chi connectivity index (χ2v) is 4.92. The summed E-state index contributed by atoms with van der Waals surface area (Å²) in [6.45, 7) is 0.948. The van der Waals surface area contributed by atoms with E-state index in [1.54, 1.807) is 6.07 Å². The van der Waals surface area contributed by atoms with Crippen molar-refractivity contribution in [3.63, 3.8) is 0 Å². The number of carbonyl (C=O) groups excluding carboxylic acids is 1. The van der Waals surface area contributed by atoms with Crippen LogP contribution in [-0.4, -0.2) is 29.0 Å². The van der Waals surface area contributed by atoms with Crippen LogP contribution in [0.25, 0.3) is 0 Å². The smallest absolute Gasteiger partial charge is 0.269 e. The van der Waals surface area contributed by atoms with Crippen LogP contribution in [0.5, 0.6) is 0 Å². The van der Waals surface area contributed by atoms with Gasteiger partial charge in [0.2, 0.25) is 5.91 Å². The van der Waals surface area contributed by atoms with E-state index in [0.717, 1.165) is 25.1 Å². The molecule has 1 fully saturated rings. The number of benzene rings is 1. The van der Waals surface area contributed by atoms with Gasteiger partial charge >= 0.3 is 0 Å². The topological polar surface area (TPSA) is 110 Å². The molecule has 0 aliphatic carbocycles. The van der Waals surface area contributed by atoms with Crippen molar-refractivity contribution in [2.24, 2.45) is 11.7 Å². The maximum absolute atomic E-state index is 11.3. The molecule has 7 nitrogen and oxygen atoms in total. The maximum Gasteiger partial charge on any atom is 0.269 e. The Morgan fingerprint density at radius 3 is 2.90 bits per heavy atom. The third kappa shape index (κ3) is 2.88. The summed E-state index contributed by atoms with van der Waals surface area (Å²) >= 11 is 0. The molecule has 1 amide bonds. The van der Waals surface area contributed by atoms with Gasteiger partial charge in [0.05, 0.1) is 17.4 Å². The lowest BCUT2D eigenvalue weighted by atomic mass is 9.96. The minimum absolute atomic E-state index is 0.0544. The second kappa shape index (κ2) is 5.87. The molecule has 3 N–H and O–H groups in total. The predicted molar refractivity (Wildman–Crippen MR) is 73.2 cm³/mol. The molecule has 1 aliphatic heterocycles. The van der Waals surface area contributed by atoms with Gasteiger partial charge in [-0.05, 0) is 18.9 Å². The molecule has 1 unspecified atom stereocenters. The summed E-state index contributed by atoms with van der Waals surface area (Å²) in [6.07, 6.45) is 1.59. The van der Waals surface area contributed by atoms with Gasteiger partial charge in [-0.15, -0.1) is 0 Å². The molecule has 0 aromatic heterocycles. The van der Waals surface area contributed by atoms with Crippen LogP contribution in [0.3, 0.4) is 0 Å². The van der Waals surface area contributed by atoms with E-state index in [-0.39, 0.29) is 24.1 Å². The molecule has 1 aliphatic rings. The third-order valence-corrected chi connectivity index (χ3v) is 3.61. The highest BCUT2D eigenvalue weighted by Gasteiger charge is 2.25. The summed E-state index contributed by atoms with van der Waals surface area (Å²) in [6, 6.07) is 4.39. The number of hydrogen-bond acceptors (Lipinski definition) is 5. The van der Waals surface area contributed by atoms with E-state index in [2.05, 4.69) is 0 Å². The van der Waals surface area contributed by atoms with Crippen molar-refractivity contribution in [2.75, 3.05) is 18.0 Å². The number of nitro groups is 1. The van der Waals surface area contributed by atoms with E-state index in [0.29, 0.717) is 12.1 Å². The lowest BCUT2D eigenvalue weighted by Gasteiger charge is -2.34. The molecule has 1 atom stereocenters. The summed E-state index contributed by atoms with van der Waals surface area (Å²) in [4.78, 5) is 23.5. The quantitative estimate of drug-likeness (QED) is 0.625. The predicted octanol–water partition coefficient (Wildman–Crippen LogP) is 0.789. The number of hydrogen-bond donors (Lipinski definition) is 2. The number of primary amides is 1. The lowest BCUT2D eigenvalue weighted by molar-refractivity contribution is -0.384. The van der Waals surface area contributed by atoms with Crippen molar-refractivity contribution in [3.05, 3.63) is 33.9 Å². The molecule has 1 heterocycles. The fourth-order valence-electron chi connectivity index (χ4n) is 2.55. The molecule has 20 heavy (non-hydrogen) atoms. The fourth-order valence-corrected chi connectivity index (χ4v) is 2.55. The molecule has 0 spiro atoms. The Bertz CT molecular complexity index is 532. The number of non-ortho nitro benzene ring substituents is 1. The van der Waals surface area contributed by atoms with Crippen LogP contribution >= 0.6 is 0 Å². The standard InChI is InChI=1S/C13H17N3O4/c14-13(18)9-2-1-5-15(7-9)12-4-3-11(16(19)20)6-10(12)8-17/h3-4,6,9,17H,1-2,5,7-8H2,(H2,14,18). The molecule has 1 saturated heterocycles. The van der Waals surface area contributed by atoms with Gasteiger partial charge in [0.25, 0.3) is 5.69 Å². The maximum atomic E-state index is 11.3. The zero-order valence-electron chi connectivity index (χ0n) is 11.0.